The molecular weight excluding hydrogens is 530 g/mol. The molecule has 2 unspecified atom stereocenters. The van der Waals surface area contributed by atoms with Crippen LogP contribution in [0.3, 0.4) is 0 Å². The van der Waals surface area contributed by atoms with Crippen LogP contribution in [0.2, 0.25) is 5.02 Å². The van der Waals surface area contributed by atoms with E-state index in [0.717, 1.165) is 49.0 Å². The lowest BCUT2D eigenvalue weighted by Crippen LogP contribution is -2.56. The maximum atomic E-state index is 13.6. The van der Waals surface area contributed by atoms with Crippen LogP contribution in [0.25, 0.3) is 0 Å². The first-order chi connectivity index (χ1) is 19.3. The molecule has 214 valence electrons. The number of fused-ring (bicyclic) bond motifs is 1. The maximum absolute atomic E-state index is 13.6. The Labute approximate surface area is 240 Å². The lowest BCUT2D eigenvalue weighted by molar-refractivity contribution is -0.144. The quantitative estimate of drug-likeness (QED) is 0.429. The Balaban J connectivity index is 1.46. The van der Waals surface area contributed by atoms with E-state index in [9.17, 15) is 19.2 Å². The smallest absolute Gasteiger partial charge is 0.246 e. The van der Waals surface area contributed by atoms with E-state index >= 15 is 0 Å². The van der Waals surface area contributed by atoms with Crippen molar-refractivity contribution in [3.63, 3.8) is 0 Å². The van der Waals surface area contributed by atoms with Gasteiger partial charge in [0.2, 0.25) is 23.6 Å². The van der Waals surface area contributed by atoms with Crippen LogP contribution in [0.5, 0.6) is 0 Å². The largest absolute Gasteiger partial charge is 0.343 e. The van der Waals surface area contributed by atoms with E-state index in [1.807, 2.05) is 36.1 Å². The van der Waals surface area contributed by atoms with Crippen LogP contribution in [0.1, 0.15) is 55.2 Å². The van der Waals surface area contributed by atoms with Crippen LogP contribution in [0.15, 0.2) is 42.5 Å². The fourth-order valence-corrected chi connectivity index (χ4v) is 5.45. The van der Waals surface area contributed by atoms with Crippen molar-refractivity contribution in [2.75, 3.05) is 25.0 Å². The van der Waals surface area contributed by atoms with Crippen LogP contribution < -0.4 is 16.4 Å². The van der Waals surface area contributed by atoms with Gasteiger partial charge in [0.05, 0.1) is 0 Å². The van der Waals surface area contributed by atoms with E-state index < -0.39 is 23.9 Å². The first kappa shape index (κ1) is 29.6. The van der Waals surface area contributed by atoms with Gasteiger partial charge in [0.25, 0.3) is 0 Å². The number of carbonyl (C=O) groups is 4. The van der Waals surface area contributed by atoms with E-state index in [2.05, 4.69) is 10.6 Å². The zero-order valence-electron chi connectivity index (χ0n) is 23.0. The molecule has 4 N–H and O–H groups in total. The van der Waals surface area contributed by atoms with Crippen LogP contribution in [-0.2, 0) is 32.1 Å². The molecule has 2 aliphatic rings. The van der Waals surface area contributed by atoms with Gasteiger partial charge in [-0.2, -0.15) is 0 Å². The van der Waals surface area contributed by atoms with Crippen molar-refractivity contribution in [3.8, 4) is 0 Å². The number of hydrogen-bond donors (Lipinski definition) is 3. The van der Waals surface area contributed by atoms with Gasteiger partial charge in [-0.25, -0.2) is 0 Å². The third-order valence-electron chi connectivity index (χ3n) is 7.65. The molecule has 2 aromatic rings. The molecule has 1 fully saturated rings. The molecule has 0 aromatic heterocycles. The van der Waals surface area contributed by atoms with Crippen molar-refractivity contribution in [2.24, 2.45) is 5.73 Å². The average Bonchev–Trinajstić information content (AvgIpc) is 2.97. The highest BCUT2D eigenvalue weighted by Gasteiger charge is 2.36. The van der Waals surface area contributed by atoms with Gasteiger partial charge in [-0.15, -0.1) is 0 Å². The van der Waals surface area contributed by atoms with E-state index in [0.29, 0.717) is 17.1 Å². The molecule has 0 bridgehead atoms. The number of halogens is 1. The Hall–Kier alpha value is -3.43. The van der Waals surface area contributed by atoms with Crippen molar-refractivity contribution in [2.45, 2.75) is 70.5 Å². The third kappa shape index (κ3) is 7.40. The second kappa shape index (κ2) is 13.8. The summed E-state index contributed by atoms with van der Waals surface area (Å²) >= 11 is 6.10. The first-order valence-corrected chi connectivity index (χ1v) is 14.4. The minimum absolute atomic E-state index is 0.0245. The highest BCUT2D eigenvalue weighted by molar-refractivity contribution is 6.31. The number of aryl methyl sites for hydroxylation is 1. The van der Waals surface area contributed by atoms with Crippen molar-refractivity contribution >= 4 is 40.9 Å². The molecule has 1 saturated heterocycles. The third-order valence-corrected chi connectivity index (χ3v) is 8.07. The van der Waals surface area contributed by atoms with Gasteiger partial charge in [-0.3, -0.25) is 19.2 Å². The molecule has 2 heterocycles. The molecule has 10 heteroatoms. The second-order valence-corrected chi connectivity index (χ2v) is 11.0. The summed E-state index contributed by atoms with van der Waals surface area (Å²) in [6.45, 7) is 3.75. The van der Waals surface area contributed by atoms with E-state index in [1.54, 1.807) is 23.1 Å². The Morgan fingerprint density at radius 2 is 1.70 bits per heavy atom. The van der Waals surface area contributed by atoms with Gasteiger partial charge in [0, 0.05) is 49.6 Å². The van der Waals surface area contributed by atoms with Crippen molar-refractivity contribution in [1.82, 2.24) is 15.1 Å². The maximum Gasteiger partial charge on any atom is 0.246 e. The van der Waals surface area contributed by atoms with Crippen LogP contribution in [0, 0.1) is 6.92 Å². The van der Waals surface area contributed by atoms with Crippen molar-refractivity contribution < 1.29 is 19.2 Å². The molecule has 4 rings (SSSR count). The van der Waals surface area contributed by atoms with Gasteiger partial charge < -0.3 is 26.2 Å². The molecule has 0 radical (unpaired) electrons. The fraction of sp³-hybridized carbons (Fsp3) is 0.467. The number of benzene rings is 2. The summed E-state index contributed by atoms with van der Waals surface area (Å²) in [6.07, 6.45) is 3.79. The van der Waals surface area contributed by atoms with Crippen LogP contribution >= 0.6 is 11.6 Å². The summed E-state index contributed by atoms with van der Waals surface area (Å²) < 4.78 is 0. The van der Waals surface area contributed by atoms with Gasteiger partial charge in [-0.05, 0) is 74.0 Å². The molecule has 40 heavy (non-hydrogen) atoms. The Morgan fingerprint density at radius 1 is 1.00 bits per heavy atom. The van der Waals surface area contributed by atoms with Crippen molar-refractivity contribution in [3.05, 3.63) is 64.2 Å². The Morgan fingerprint density at radius 3 is 2.40 bits per heavy atom. The second-order valence-electron chi connectivity index (χ2n) is 10.5. The minimum Gasteiger partial charge on any atom is -0.343 e. The predicted octanol–water partition coefficient (Wildman–Crippen LogP) is 3.17. The topological polar surface area (TPSA) is 125 Å². The van der Waals surface area contributed by atoms with Crippen molar-refractivity contribution in [1.29, 1.82) is 0 Å². The highest BCUT2D eigenvalue weighted by Crippen LogP contribution is 2.25. The highest BCUT2D eigenvalue weighted by atomic mass is 35.5. The van der Waals surface area contributed by atoms with Gasteiger partial charge in [0.15, 0.2) is 0 Å². The number of nitrogens with two attached hydrogens (primary N) is 1. The van der Waals surface area contributed by atoms with E-state index in [-0.39, 0.29) is 44.2 Å². The molecule has 0 spiro atoms. The first-order valence-electron chi connectivity index (χ1n) is 14.0. The number of rotatable bonds is 9. The lowest BCUT2D eigenvalue weighted by Gasteiger charge is -2.37. The number of likely N-dealkylation sites (tertiary alicyclic amines) is 1. The summed E-state index contributed by atoms with van der Waals surface area (Å²) in [5.41, 5.74) is 9.10. The Kier molecular flexibility index (Phi) is 10.2. The summed E-state index contributed by atoms with van der Waals surface area (Å²) in [7, 11) is 0. The zero-order valence-corrected chi connectivity index (χ0v) is 23.7. The number of amides is 4. The summed E-state index contributed by atoms with van der Waals surface area (Å²) in [4.78, 5) is 56.2. The summed E-state index contributed by atoms with van der Waals surface area (Å²) in [5.74, 6) is -1.10. The summed E-state index contributed by atoms with van der Waals surface area (Å²) in [6, 6.07) is 11.2. The summed E-state index contributed by atoms with van der Waals surface area (Å²) in [5, 5.41) is 6.25. The number of piperidine rings is 1. The molecule has 0 aliphatic carbocycles. The standard InChI is InChI=1S/C30H38ClN5O4/c1-20-17-23(9-10-24(20)31)33-29(39)25(13-14-32)34-30(40)26-18-21-7-3-4-8-22(21)19-36(26)28(38)12-11-27(37)35-15-5-2-6-16-35/h3-4,7-10,17,25-26H,2,5-6,11-16,18-19,32H2,1H3,(H,33,39)(H,34,40). The molecule has 0 saturated carbocycles. The SMILES string of the molecule is Cc1cc(NC(=O)C(CCN)NC(=O)C2Cc3ccccc3CN2C(=O)CCC(=O)N2CCCCC2)ccc1Cl. The average molecular weight is 568 g/mol. The number of carbonyl (C=O) groups excluding carboxylic acids is 4. The van der Waals surface area contributed by atoms with Gasteiger partial charge in [-0.1, -0.05) is 35.9 Å². The number of nitrogens with zero attached hydrogens (tertiary/aromatic N) is 2. The van der Waals surface area contributed by atoms with Crippen LogP contribution in [-0.4, -0.2) is 65.1 Å². The predicted molar refractivity (Wildman–Crippen MR) is 155 cm³/mol. The lowest BCUT2D eigenvalue weighted by atomic mass is 9.92. The molecule has 2 aliphatic heterocycles. The van der Waals surface area contributed by atoms with E-state index in [4.69, 9.17) is 17.3 Å². The van der Waals surface area contributed by atoms with Gasteiger partial charge in [0.1, 0.15) is 12.1 Å². The fourth-order valence-electron chi connectivity index (χ4n) is 5.33. The molecule has 2 atom stereocenters. The monoisotopic (exact) mass is 567 g/mol. The van der Waals surface area contributed by atoms with E-state index in [1.165, 1.54) is 0 Å². The normalized spacial score (nSPS) is 17.5. The Bertz CT molecular complexity index is 1250. The number of hydrogen-bond acceptors (Lipinski definition) is 5. The zero-order chi connectivity index (χ0) is 28.6. The molecule has 4 amide bonds. The minimum atomic E-state index is -0.886. The number of nitrogens with one attached hydrogen (secondary N) is 2. The molecule has 9 nitrogen and oxygen atoms in total. The van der Waals surface area contributed by atoms with Crippen LogP contribution in [0.4, 0.5) is 5.69 Å². The van der Waals surface area contributed by atoms with Gasteiger partial charge >= 0.3 is 0 Å². The molecular formula is C30H38ClN5O4. The molecule has 2 aromatic carbocycles. The number of anilines is 1.